The maximum atomic E-state index is 10.5. The van der Waals surface area contributed by atoms with Crippen molar-refractivity contribution in [2.75, 3.05) is 0 Å². The number of hydrogen-bond acceptors (Lipinski definition) is 2. The highest BCUT2D eigenvalue weighted by Crippen LogP contribution is 2.38. The van der Waals surface area contributed by atoms with Crippen LogP contribution in [0.15, 0.2) is 29.3 Å². The largest absolute Gasteiger partial charge is 0.235 e. The number of nitrogens with zero attached hydrogens (tertiary/aromatic N) is 1. The molecule has 0 saturated heterocycles. The molecule has 3 heteroatoms. The Morgan fingerprint density at radius 1 is 1.38 bits per heavy atom. The Morgan fingerprint density at radius 2 is 2.12 bits per heavy atom. The van der Waals surface area contributed by atoms with Gasteiger partial charge in [-0.2, -0.15) is 4.99 Å². The van der Waals surface area contributed by atoms with E-state index in [9.17, 15) is 4.79 Å². The van der Waals surface area contributed by atoms with Crippen molar-refractivity contribution in [2.45, 2.75) is 31.7 Å². The van der Waals surface area contributed by atoms with Crippen LogP contribution in [0, 0.1) is 5.92 Å². The number of aliphatic imine (C=N–C) groups is 1. The number of rotatable bonds is 3. The molecule has 16 heavy (non-hydrogen) atoms. The predicted molar refractivity (Wildman–Crippen MR) is 64.3 cm³/mol. The summed E-state index contributed by atoms with van der Waals surface area (Å²) in [4.78, 5) is 14.5. The molecule has 1 aliphatic carbocycles. The normalized spacial score (nSPS) is 18.1. The van der Waals surface area contributed by atoms with Gasteiger partial charge in [0.1, 0.15) is 0 Å². The summed E-state index contributed by atoms with van der Waals surface area (Å²) in [6.07, 6.45) is 6.44. The molecule has 0 aliphatic heterocycles. The Labute approximate surface area is 100 Å². The second-order valence-corrected chi connectivity index (χ2v) is 4.70. The first-order valence-electron chi connectivity index (χ1n) is 5.63. The van der Waals surface area contributed by atoms with E-state index in [0.717, 1.165) is 18.4 Å². The molecule has 1 aromatic rings. The van der Waals surface area contributed by atoms with E-state index in [1.54, 1.807) is 6.08 Å². The number of carbonyl (C=O) groups excluding carboxylic acids is 1. The topological polar surface area (TPSA) is 29.4 Å². The van der Waals surface area contributed by atoms with Crippen LogP contribution >= 0.6 is 11.6 Å². The van der Waals surface area contributed by atoms with Gasteiger partial charge in [0, 0.05) is 5.02 Å². The van der Waals surface area contributed by atoms with Gasteiger partial charge in [-0.25, -0.2) is 4.79 Å². The lowest BCUT2D eigenvalue weighted by atomic mass is 9.92. The lowest BCUT2D eigenvalue weighted by Crippen LogP contribution is -2.07. The van der Waals surface area contributed by atoms with Crippen molar-refractivity contribution in [1.29, 1.82) is 0 Å². The van der Waals surface area contributed by atoms with Gasteiger partial charge in [0.15, 0.2) is 0 Å². The van der Waals surface area contributed by atoms with Gasteiger partial charge in [0.05, 0.1) is 6.04 Å². The van der Waals surface area contributed by atoms with E-state index in [1.165, 1.54) is 12.8 Å². The van der Waals surface area contributed by atoms with Crippen molar-refractivity contribution in [3.8, 4) is 0 Å². The molecular weight excluding hydrogens is 222 g/mol. The standard InChI is InChI=1S/C13H14ClNO/c14-12-7-3-6-11(8-12)13(15-9-16)10-4-1-2-5-10/h3,6-8,10,13H,1-2,4-5H2. The van der Waals surface area contributed by atoms with Gasteiger partial charge in [0.25, 0.3) is 0 Å². The molecule has 1 aromatic carbocycles. The van der Waals surface area contributed by atoms with Crippen LogP contribution in [-0.2, 0) is 4.79 Å². The van der Waals surface area contributed by atoms with Crippen molar-refractivity contribution < 1.29 is 4.79 Å². The molecule has 2 nitrogen and oxygen atoms in total. The Kier molecular flexibility index (Phi) is 3.76. The predicted octanol–water partition coefficient (Wildman–Crippen LogP) is 3.91. The van der Waals surface area contributed by atoms with Crippen molar-refractivity contribution in [2.24, 2.45) is 10.9 Å². The summed E-state index contributed by atoms with van der Waals surface area (Å²) in [6, 6.07) is 7.56. The fourth-order valence-corrected chi connectivity index (χ4v) is 2.67. The first kappa shape index (κ1) is 11.4. The molecular formula is C13H14ClNO. The minimum atomic E-state index is -0.0568. The molecule has 0 spiro atoms. The fourth-order valence-electron chi connectivity index (χ4n) is 2.47. The molecule has 1 unspecified atom stereocenters. The first-order valence-corrected chi connectivity index (χ1v) is 6.01. The smallest absolute Gasteiger partial charge is 0.211 e. The molecule has 2 rings (SSSR count). The van der Waals surface area contributed by atoms with Crippen molar-refractivity contribution in [1.82, 2.24) is 0 Å². The van der Waals surface area contributed by atoms with E-state index >= 15 is 0 Å². The van der Waals surface area contributed by atoms with Gasteiger partial charge >= 0.3 is 0 Å². The van der Waals surface area contributed by atoms with E-state index in [-0.39, 0.29) is 6.04 Å². The SMILES string of the molecule is O=C=NC(c1cccc(Cl)c1)C1CCCC1. The number of isocyanates is 1. The number of hydrogen-bond donors (Lipinski definition) is 0. The van der Waals surface area contributed by atoms with E-state index in [4.69, 9.17) is 11.6 Å². The third kappa shape index (κ3) is 2.52. The van der Waals surface area contributed by atoms with E-state index < -0.39 is 0 Å². The van der Waals surface area contributed by atoms with Crippen LogP contribution in [0.4, 0.5) is 0 Å². The summed E-state index contributed by atoms with van der Waals surface area (Å²) >= 11 is 5.96. The van der Waals surface area contributed by atoms with Crippen LogP contribution in [-0.4, -0.2) is 6.08 Å². The van der Waals surface area contributed by atoms with Crippen molar-refractivity contribution in [3.05, 3.63) is 34.9 Å². The Bertz CT molecular complexity index is 406. The molecule has 0 aromatic heterocycles. The molecule has 1 atom stereocenters. The average Bonchev–Trinajstić information content (AvgIpc) is 2.79. The molecule has 0 amide bonds. The molecule has 1 saturated carbocycles. The van der Waals surface area contributed by atoms with Gasteiger partial charge in [0.2, 0.25) is 6.08 Å². The zero-order valence-corrected chi connectivity index (χ0v) is 9.78. The highest BCUT2D eigenvalue weighted by molar-refractivity contribution is 6.30. The summed E-state index contributed by atoms with van der Waals surface area (Å²) < 4.78 is 0. The van der Waals surface area contributed by atoms with Crippen LogP contribution in [0.1, 0.15) is 37.3 Å². The van der Waals surface area contributed by atoms with Gasteiger partial charge < -0.3 is 0 Å². The molecule has 0 bridgehead atoms. The molecule has 1 aliphatic rings. The number of benzene rings is 1. The quantitative estimate of drug-likeness (QED) is 0.577. The summed E-state index contributed by atoms with van der Waals surface area (Å²) in [5.74, 6) is 0.472. The van der Waals surface area contributed by atoms with Crippen molar-refractivity contribution >= 4 is 17.7 Å². The van der Waals surface area contributed by atoms with Gasteiger partial charge in [-0.3, -0.25) is 0 Å². The van der Waals surface area contributed by atoms with E-state index in [2.05, 4.69) is 4.99 Å². The Balaban J connectivity index is 2.27. The molecule has 1 fully saturated rings. The summed E-state index contributed by atoms with van der Waals surface area (Å²) in [5, 5.41) is 0.696. The Hall–Kier alpha value is -1.11. The van der Waals surface area contributed by atoms with Gasteiger partial charge in [-0.15, -0.1) is 0 Å². The van der Waals surface area contributed by atoms with Crippen molar-refractivity contribution in [3.63, 3.8) is 0 Å². The molecule has 84 valence electrons. The van der Waals surface area contributed by atoms with Crippen LogP contribution < -0.4 is 0 Å². The Morgan fingerprint density at radius 3 is 2.75 bits per heavy atom. The van der Waals surface area contributed by atoms with Gasteiger partial charge in [-0.05, 0) is 36.5 Å². The maximum Gasteiger partial charge on any atom is 0.235 e. The third-order valence-corrected chi connectivity index (χ3v) is 3.46. The summed E-state index contributed by atoms with van der Waals surface area (Å²) in [7, 11) is 0. The first-order chi connectivity index (χ1) is 7.81. The maximum absolute atomic E-state index is 10.5. The van der Waals surface area contributed by atoms with Gasteiger partial charge in [-0.1, -0.05) is 36.6 Å². The van der Waals surface area contributed by atoms with E-state index in [1.807, 2.05) is 24.3 Å². The van der Waals surface area contributed by atoms with Crippen LogP contribution in [0.5, 0.6) is 0 Å². The minimum absolute atomic E-state index is 0.0568. The molecule has 0 heterocycles. The highest BCUT2D eigenvalue weighted by atomic mass is 35.5. The van der Waals surface area contributed by atoms with Crippen LogP contribution in [0.3, 0.4) is 0 Å². The fraction of sp³-hybridized carbons (Fsp3) is 0.462. The second-order valence-electron chi connectivity index (χ2n) is 4.26. The third-order valence-electron chi connectivity index (χ3n) is 3.23. The zero-order chi connectivity index (χ0) is 11.4. The molecule has 0 radical (unpaired) electrons. The highest BCUT2D eigenvalue weighted by Gasteiger charge is 2.26. The second kappa shape index (κ2) is 5.29. The lowest BCUT2D eigenvalue weighted by molar-refractivity contribution is 0.442. The summed E-state index contributed by atoms with van der Waals surface area (Å²) in [6.45, 7) is 0. The lowest BCUT2D eigenvalue weighted by Gasteiger charge is -2.18. The molecule has 0 N–H and O–H groups in total. The monoisotopic (exact) mass is 235 g/mol. The zero-order valence-electron chi connectivity index (χ0n) is 9.03. The van der Waals surface area contributed by atoms with Crippen LogP contribution in [0.25, 0.3) is 0 Å². The van der Waals surface area contributed by atoms with Crippen LogP contribution in [0.2, 0.25) is 5.02 Å². The number of halogens is 1. The average molecular weight is 236 g/mol. The summed E-state index contributed by atoms with van der Waals surface area (Å²) in [5.41, 5.74) is 1.03. The minimum Gasteiger partial charge on any atom is -0.211 e. The van der Waals surface area contributed by atoms with E-state index in [0.29, 0.717) is 10.9 Å².